The van der Waals surface area contributed by atoms with Crippen LogP contribution in [0.25, 0.3) is 0 Å². The summed E-state index contributed by atoms with van der Waals surface area (Å²) in [7, 11) is 0. The molecule has 2 N–H and O–H groups in total. The van der Waals surface area contributed by atoms with Crippen LogP contribution in [-0.4, -0.2) is 4.98 Å². The number of nitrogen functional groups attached to an aromatic ring is 1. The Bertz CT molecular complexity index is 514. The monoisotopic (exact) mass is 294 g/mol. The van der Waals surface area contributed by atoms with Gasteiger partial charge in [-0.15, -0.1) is 0 Å². The van der Waals surface area contributed by atoms with Crippen LogP contribution in [0.5, 0.6) is 0 Å². The highest BCUT2D eigenvalue weighted by Crippen LogP contribution is 2.34. The molecule has 0 aliphatic rings. The second kappa shape index (κ2) is 4.89. The number of rotatable bonds is 2. The minimum Gasteiger partial charge on any atom is -0.399 e. The molecule has 0 spiro atoms. The van der Waals surface area contributed by atoms with Crippen molar-refractivity contribution in [3.63, 3.8) is 0 Å². The molecule has 2 rings (SSSR count). The van der Waals surface area contributed by atoms with Crippen molar-refractivity contribution in [3.05, 3.63) is 46.6 Å². The maximum Gasteiger partial charge on any atom is 0.115 e. The topological polar surface area (TPSA) is 38.9 Å². The zero-order valence-electron chi connectivity index (χ0n) is 8.77. The second-order valence-corrected chi connectivity index (χ2v) is 5.30. The first-order chi connectivity index (χ1) is 7.66. The number of halogens is 1. The third-order valence-corrected chi connectivity index (χ3v) is 4.22. The van der Waals surface area contributed by atoms with E-state index in [1.165, 1.54) is 5.56 Å². The fourth-order valence-electron chi connectivity index (χ4n) is 1.28. The summed E-state index contributed by atoms with van der Waals surface area (Å²) in [6, 6.07) is 9.79. The molecule has 0 radical (unpaired) electrons. The third kappa shape index (κ3) is 2.57. The van der Waals surface area contributed by atoms with Gasteiger partial charge in [0, 0.05) is 16.8 Å². The van der Waals surface area contributed by atoms with E-state index < -0.39 is 0 Å². The minimum atomic E-state index is 0.778. The maximum atomic E-state index is 5.77. The van der Waals surface area contributed by atoms with Gasteiger partial charge >= 0.3 is 0 Å². The van der Waals surface area contributed by atoms with Gasteiger partial charge in [0.2, 0.25) is 0 Å². The quantitative estimate of drug-likeness (QED) is 0.854. The van der Waals surface area contributed by atoms with E-state index in [-0.39, 0.29) is 0 Å². The van der Waals surface area contributed by atoms with Crippen molar-refractivity contribution in [2.24, 2.45) is 0 Å². The Labute approximate surface area is 107 Å². The molecule has 1 aromatic carbocycles. The first kappa shape index (κ1) is 11.5. The van der Waals surface area contributed by atoms with Crippen molar-refractivity contribution in [2.45, 2.75) is 16.8 Å². The molecule has 4 heteroatoms. The number of hydrogen-bond donors (Lipinski definition) is 1. The lowest BCUT2D eigenvalue weighted by Gasteiger charge is -2.07. The Morgan fingerprint density at radius 3 is 2.88 bits per heavy atom. The number of hydrogen-bond acceptors (Lipinski definition) is 3. The molecule has 0 unspecified atom stereocenters. The van der Waals surface area contributed by atoms with Crippen LogP contribution in [0.2, 0.25) is 0 Å². The Morgan fingerprint density at radius 1 is 1.31 bits per heavy atom. The fraction of sp³-hybridized carbons (Fsp3) is 0.0833. The molecule has 0 aliphatic carbocycles. The molecule has 0 aliphatic heterocycles. The van der Waals surface area contributed by atoms with Gasteiger partial charge in [-0.2, -0.15) is 0 Å². The zero-order chi connectivity index (χ0) is 11.5. The van der Waals surface area contributed by atoms with Crippen LogP contribution in [0.4, 0.5) is 5.69 Å². The normalized spacial score (nSPS) is 10.4. The smallest absolute Gasteiger partial charge is 0.115 e. The number of aryl methyl sites for hydroxylation is 1. The van der Waals surface area contributed by atoms with Crippen LogP contribution >= 0.6 is 27.7 Å². The van der Waals surface area contributed by atoms with Crippen LogP contribution < -0.4 is 5.73 Å². The Balaban J connectivity index is 2.34. The van der Waals surface area contributed by atoms with Gasteiger partial charge in [0.1, 0.15) is 5.03 Å². The van der Waals surface area contributed by atoms with Gasteiger partial charge in [0.05, 0.1) is 4.47 Å². The van der Waals surface area contributed by atoms with E-state index in [1.54, 1.807) is 18.0 Å². The summed E-state index contributed by atoms with van der Waals surface area (Å²) in [6.45, 7) is 2.07. The molecule has 16 heavy (non-hydrogen) atoms. The van der Waals surface area contributed by atoms with Gasteiger partial charge in [0.15, 0.2) is 0 Å². The lowest BCUT2D eigenvalue weighted by atomic mass is 10.2. The van der Waals surface area contributed by atoms with E-state index in [2.05, 4.69) is 27.8 Å². The van der Waals surface area contributed by atoms with E-state index in [9.17, 15) is 0 Å². The highest BCUT2D eigenvalue weighted by Gasteiger charge is 2.05. The summed E-state index contributed by atoms with van der Waals surface area (Å²) in [6.07, 6.45) is 1.79. The molecular weight excluding hydrogens is 284 g/mol. The van der Waals surface area contributed by atoms with Crippen molar-refractivity contribution < 1.29 is 0 Å². The number of pyridine rings is 1. The summed E-state index contributed by atoms with van der Waals surface area (Å²) in [5.74, 6) is 0. The summed E-state index contributed by atoms with van der Waals surface area (Å²) >= 11 is 5.10. The molecule has 0 atom stereocenters. The van der Waals surface area contributed by atoms with E-state index >= 15 is 0 Å². The molecule has 0 fully saturated rings. The summed E-state index contributed by atoms with van der Waals surface area (Å²) in [5.41, 5.74) is 7.76. The highest BCUT2D eigenvalue weighted by molar-refractivity contribution is 9.10. The number of benzene rings is 1. The molecule has 0 bridgehead atoms. The van der Waals surface area contributed by atoms with E-state index in [0.29, 0.717) is 0 Å². The van der Waals surface area contributed by atoms with Crippen molar-refractivity contribution in [1.82, 2.24) is 4.98 Å². The van der Waals surface area contributed by atoms with Crippen LogP contribution in [0.3, 0.4) is 0 Å². The molecule has 1 aromatic heterocycles. The van der Waals surface area contributed by atoms with Gasteiger partial charge in [-0.1, -0.05) is 17.8 Å². The first-order valence-electron chi connectivity index (χ1n) is 4.81. The largest absolute Gasteiger partial charge is 0.399 e. The molecule has 0 amide bonds. The molecular formula is C12H11BrN2S. The number of nitrogens with zero attached hydrogens (tertiary/aromatic N) is 1. The number of aromatic nitrogens is 1. The minimum absolute atomic E-state index is 0.778. The van der Waals surface area contributed by atoms with Gasteiger partial charge in [-0.25, -0.2) is 4.98 Å². The van der Waals surface area contributed by atoms with Crippen molar-refractivity contribution in [3.8, 4) is 0 Å². The van der Waals surface area contributed by atoms with E-state index in [1.807, 2.05) is 30.3 Å². The Kier molecular flexibility index (Phi) is 3.51. The van der Waals surface area contributed by atoms with Crippen LogP contribution in [0, 0.1) is 6.92 Å². The predicted octanol–water partition coefficient (Wildman–Crippen LogP) is 3.89. The zero-order valence-corrected chi connectivity index (χ0v) is 11.2. The van der Waals surface area contributed by atoms with E-state index in [0.717, 1.165) is 20.1 Å². The summed E-state index contributed by atoms with van der Waals surface area (Å²) < 4.78 is 1.00. The lowest BCUT2D eigenvalue weighted by molar-refractivity contribution is 1.10. The van der Waals surface area contributed by atoms with Gasteiger partial charge in [-0.3, -0.25) is 0 Å². The second-order valence-electron chi connectivity index (χ2n) is 3.42. The molecule has 2 nitrogen and oxygen atoms in total. The van der Waals surface area contributed by atoms with Crippen molar-refractivity contribution in [1.29, 1.82) is 0 Å². The third-order valence-electron chi connectivity index (χ3n) is 2.14. The average molecular weight is 295 g/mol. The van der Waals surface area contributed by atoms with Crippen LogP contribution in [0.1, 0.15) is 5.56 Å². The fourth-order valence-corrected chi connectivity index (χ4v) is 2.69. The van der Waals surface area contributed by atoms with Gasteiger partial charge in [-0.05, 0) is 52.7 Å². The summed E-state index contributed by atoms with van der Waals surface area (Å²) in [5, 5.41) is 0.955. The molecule has 1 heterocycles. The molecule has 82 valence electrons. The molecule has 2 aromatic rings. The van der Waals surface area contributed by atoms with Gasteiger partial charge in [0.25, 0.3) is 0 Å². The highest BCUT2D eigenvalue weighted by atomic mass is 79.9. The first-order valence-corrected chi connectivity index (χ1v) is 6.42. The van der Waals surface area contributed by atoms with Crippen molar-refractivity contribution >= 4 is 33.4 Å². The molecule has 0 saturated carbocycles. The van der Waals surface area contributed by atoms with Gasteiger partial charge < -0.3 is 5.73 Å². The van der Waals surface area contributed by atoms with E-state index in [4.69, 9.17) is 5.73 Å². The summed E-state index contributed by atoms with van der Waals surface area (Å²) in [4.78, 5) is 5.46. The Hall–Kier alpha value is -1.000. The number of nitrogens with two attached hydrogens (primary N) is 1. The molecule has 0 saturated heterocycles. The van der Waals surface area contributed by atoms with Crippen molar-refractivity contribution in [2.75, 3.05) is 5.73 Å². The number of anilines is 1. The SMILES string of the molecule is Cc1ccc(N)cc1Sc1ncccc1Br. The average Bonchev–Trinajstić information content (AvgIpc) is 2.27. The maximum absolute atomic E-state index is 5.77. The lowest BCUT2D eigenvalue weighted by Crippen LogP contribution is -1.88. The van der Waals surface area contributed by atoms with Crippen LogP contribution in [0.15, 0.2) is 50.9 Å². The standard InChI is InChI=1S/C12H11BrN2S/c1-8-4-5-9(14)7-11(8)16-12-10(13)3-2-6-15-12/h2-7H,14H2,1H3. The predicted molar refractivity (Wildman–Crippen MR) is 71.7 cm³/mol. The van der Waals surface area contributed by atoms with Crippen LogP contribution in [-0.2, 0) is 0 Å². The Morgan fingerprint density at radius 2 is 2.12 bits per heavy atom.